The van der Waals surface area contributed by atoms with Gasteiger partial charge in [0.05, 0.1) is 0 Å². The van der Waals surface area contributed by atoms with E-state index in [1.807, 2.05) is 0 Å². The van der Waals surface area contributed by atoms with Crippen LogP contribution in [0.1, 0.15) is 51.9 Å². The molecule has 1 rings (SSSR count). The van der Waals surface area contributed by atoms with E-state index >= 15 is 0 Å². The average Bonchev–Trinajstić information content (AvgIpc) is 2.33. The van der Waals surface area contributed by atoms with Crippen LogP contribution in [0.3, 0.4) is 0 Å². The Morgan fingerprint density at radius 1 is 1.17 bits per heavy atom. The van der Waals surface area contributed by atoms with Crippen LogP contribution in [0.4, 0.5) is 0 Å². The molecule has 0 aliphatic heterocycles. The fourth-order valence-corrected chi connectivity index (χ4v) is 3.13. The van der Waals surface area contributed by atoms with Crippen molar-refractivity contribution in [1.29, 1.82) is 0 Å². The van der Waals surface area contributed by atoms with Gasteiger partial charge >= 0.3 is 0 Å². The molecular weight excluding hydrogens is 164 g/mol. The first-order valence-electron chi connectivity index (χ1n) is 5.33. The molecule has 1 radical (unpaired) electrons. The summed E-state index contributed by atoms with van der Waals surface area (Å²) in [4.78, 5) is 0. The summed E-state index contributed by atoms with van der Waals surface area (Å²) < 4.78 is 0. The van der Waals surface area contributed by atoms with Crippen molar-refractivity contribution in [2.24, 2.45) is 0 Å². The Morgan fingerprint density at radius 2 is 1.83 bits per heavy atom. The van der Waals surface area contributed by atoms with E-state index in [0.717, 1.165) is 5.25 Å². The van der Waals surface area contributed by atoms with Crippen molar-refractivity contribution in [2.45, 2.75) is 57.1 Å². The lowest BCUT2D eigenvalue weighted by molar-refractivity contribution is 0.702. The Hall–Kier alpha value is 0.350. The lowest BCUT2D eigenvalue weighted by atomic mass is 10.2. The number of thioether (sulfide) groups is 1. The van der Waals surface area contributed by atoms with Gasteiger partial charge in [0.25, 0.3) is 0 Å². The standard InChI is InChI=1S/C11H21S/c1-2-3-10-12-11-8-6-4-5-7-9-11/h2,11H,3-10H2,1H3. The smallest absolute Gasteiger partial charge is 0.00470 e. The Bertz CT molecular complexity index is 93.2. The van der Waals surface area contributed by atoms with Gasteiger partial charge in [-0.05, 0) is 31.4 Å². The molecule has 71 valence electrons. The highest BCUT2D eigenvalue weighted by molar-refractivity contribution is 7.99. The van der Waals surface area contributed by atoms with Gasteiger partial charge in [-0.1, -0.05) is 32.6 Å². The van der Waals surface area contributed by atoms with Crippen LogP contribution in [0, 0.1) is 6.42 Å². The minimum atomic E-state index is 0.993. The van der Waals surface area contributed by atoms with E-state index < -0.39 is 0 Å². The first-order valence-corrected chi connectivity index (χ1v) is 6.38. The van der Waals surface area contributed by atoms with Crippen molar-refractivity contribution in [2.75, 3.05) is 5.75 Å². The molecule has 0 atom stereocenters. The molecule has 0 aromatic carbocycles. The zero-order valence-corrected chi connectivity index (χ0v) is 9.04. The largest absolute Gasteiger partial charge is 0.159 e. The van der Waals surface area contributed by atoms with Crippen molar-refractivity contribution < 1.29 is 0 Å². The molecule has 1 saturated carbocycles. The highest BCUT2D eigenvalue weighted by atomic mass is 32.2. The fraction of sp³-hybridized carbons (Fsp3) is 0.909. The van der Waals surface area contributed by atoms with Crippen LogP contribution in [-0.2, 0) is 0 Å². The molecule has 1 aliphatic rings. The summed E-state index contributed by atoms with van der Waals surface area (Å²) in [6.07, 6.45) is 12.5. The van der Waals surface area contributed by atoms with Gasteiger partial charge in [-0.25, -0.2) is 0 Å². The van der Waals surface area contributed by atoms with E-state index in [4.69, 9.17) is 0 Å². The van der Waals surface area contributed by atoms with Crippen LogP contribution in [0.2, 0.25) is 0 Å². The Labute approximate surface area is 81.5 Å². The number of hydrogen-bond acceptors (Lipinski definition) is 1. The van der Waals surface area contributed by atoms with Gasteiger partial charge in [0.15, 0.2) is 0 Å². The summed E-state index contributed by atoms with van der Waals surface area (Å²) in [6.45, 7) is 2.16. The van der Waals surface area contributed by atoms with E-state index in [-0.39, 0.29) is 0 Å². The Balaban J connectivity index is 2.04. The summed E-state index contributed by atoms with van der Waals surface area (Å²) >= 11 is 2.20. The highest BCUT2D eigenvalue weighted by Gasteiger charge is 2.11. The monoisotopic (exact) mass is 185 g/mol. The third kappa shape index (κ3) is 4.39. The molecule has 0 aromatic heterocycles. The summed E-state index contributed by atoms with van der Waals surface area (Å²) in [5.74, 6) is 1.35. The predicted molar refractivity (Wildman–Crippen MR) is 58.5 cm³/mol. The number of rotatable bonds is 4. The highest BCUT2D eigenvalue weighted by Crippen LogP contribution is 2.27. The topological polar surface area (TPSA) is 0 Å². The maximum Gasteiger partial charge on any atom is 0.00470 e. The van der Waals surface area contributed by atoms with Crippen molar-refractivity contribution in [3.8, 4) is 0 Å². The molecule has 0 heterocycles. The molecule has 0 amide bonds. The third-order valence-electron chi connectivity index (χ3n) is 2.56. The van der Waals surface area contributed by atoms with E-state index in [1.54, 1.807) is 0 Å². The van der Waals surface area contributed by atoms with Gasteiger partial charge in [0.2, 0.25) is 0 Å². The molecule has 0 saturated heterocycles. The van der Waals surface area contributed by atoms with Gasteiger partial charge in [-0.15, -0.1) is 0 Å². The second-order valence-corrected chi connectivity index (χ2v) is 5.09. The summed E-state index contributed by atoms with van der Waals surface area (Å²) in [5.41, 5.74) is 0. The zero-order valence-electron chi connectivity index (χ0n) is 8.22. The van der Waals surface area contributed by atoms with E-state index in [2.05, 4.69) is 25.1 Å². The maximum atomic E-state index is 2.28. The third-order valence-corrected chi connectivity index (χ3v) is 3.98. The lowest BCUT2D eigenvalue weighted by Gasteiger charge is -2.12. The van der Waals surface area contributed by atoms with E-state index in [9.17, 15) is 0 Å². The SMILES string of the molecule is C[CH]CCSC1CCCCCC1. The molecule has 0 nitrogen and oxygen atoms in total. The Morgan fingerprint density at radius 3 is 2.42 bits per heavy atom. The molecular formula is C11H21S. The van der Waals surface area contributed by atoms with Crippen molar-refractivity contribution in [3.05, 3.63) is 6.42 Å². The second-order valence-electron chi connectivity index (χ2n) is 3.68. The van der Waals surface area contributed by atoms with Crippen molar-refractivity contribution >= 4 is 11.8 Å². The lowest BCUT2D eigenvalue weighted by Crippen LogP contribution is -2.01. The average molecular weight is 185 g/mol. The van der Waals surface area contributed by atoms with Crippen molar-refractivity contribution in [3.63, 3.8) is 0 Å². The van der Waals surface area contributed by atoms with Crippen LogP contribution in [0.15, 0.2) is 0 Å². The molecule has 0 bridgehead atoms. The van der Waals surface area contributed by atoms with Gasteiger partial charge in [0.1, 0.15) is 0 Å². The summed E-state index contributed by atoms with van der Waals surface area (Å²) in [6, 6.07) is 0. The minimum absolute atomic E-state index is 0.993. The van der Waals surface area contributed by atoms with Crippen LogP contribution in [-0.4, -0.2) is 11.0 Å². The fourth-order valence-electron chi connectivity index (χ4n) is 1.76. The van der Waals surface area contributed by atoms with Crippen LogP contribution < -0.4 is 0 Å². The van der Waals surface area contributed by atoms with Crippen LogP contribution in [0.25, 0.3) is 0 Å². The molecule has 0 aromatic rings. The van der Waals surface area contributed by atoms with Crippen LogP contribution in [0.5, 0.6) is 0 Å². The minimum Gasteiger partial charge on any atom is -0.159 e. The number of hydrogen-bond donors (Lipinski definition) is 0. The number of unbranched alkanes of at least 4 members (excludes halogenated alkanes) is 1. The normalized spacial score (nSPS) is 20.8. The molecule has 0 unspecified atom stereocenters. The van der Waals surface area contributed by atoms with Gasteiger partial charge < -0.3 is 0 Å². The van der Waals surface area contributed by atoms with Crippen LogP contribution >= 0.6 is 11.8 Å². The molecule has 12 heavy (non-hydrogen) atoms. The first kappa shape index (κ1) is 10.4. The predicted octanol–water partition coefficient (Wildman–Crippen LogP) is 4.06. The quantitative estimate of drug-likeness (QED) is 0.470. The Kier molecular flexibility index (Phi) is 5.93. The molecule has 1 heteroatoms. The maximum absolute atomic E-state index is 2.28. The van der Waals surface area contributed by atoms with Gasteiger partial charge in [-0.2, -0.15) is 11.8 Å². The van der Waals surface area contributed by atoms with Gasteiger partial charge in [-0.3, -0.25) is 0 Å². The van der Waals surface area contributed by atoms with Crippen molar-refractivity contribution in [1.82, 2.24) is 0 Å². The summed E-state index contributed by atoms with van der Waals surface area (Å²) in [7, 11) is 0. The second kappa shape index (κ2) is 6.82. The van der Waals surface area contributed by atoms with E-state index in [0.29, 0.717) is 0 Å². The first-order chi connectivity index (χ1) is 5.93. The molecule has 1 fully saturated rings. The van der Waals surface area contributed by atoms with E-state index in [1.165, 1.54) is 50.7 Å². The molecule has 0 spiro atoms. The van der Waals surface area contributed by atoms with Gasteiger partial charge in [0, 0.05) is 5.25 Å². The summed E-state index contributed by atoms with van der Waals surface area (Å²) in [5, 5.41) is 0.993. The molecule has 1 aliphatic carbocycles. The molecule has 0 N–H and O–H groups in total. The zero-order chi connectivity index (χ0) is 8.65.